The summed E-state index contributed by atoms with van der Waals surface area (Å²) in [6, 6.07) is 8.38. The van der Waals surface area contributed by atoms with Gasteiger partial charge in [-0.25, -0.2) is 4.79 Å². The summed E-state index contributed by atoms with van der Waals surface area (Å²) in [6.07, 6.45) is -6.06. The number of hydrogen-bond acceptors (Lipinski definition) is 9. The fourth-order valence-electron chi connectivity index (χ4n) is 7.53. The number of benzene rings is 1. The molecular formula is C29H38AcO9. The molecule has 39 heavy (non-hydrogen) atoms. The monoisotopic (exact) mass is 757 g/mol. The zero-order chi connectivity index (χ0) is 27.8. The van der Waals surface area contributed by atoms with E-state index in [1.807, 2.05) is 0 Å². The molecular weight excluding hydrogens is 719 g/mol. The van der Waals surface area contributed by atoms with E-state index in [-0.39, 0.29) is 81.9 Å². The molecule has 5 N–H and O–H groups in total. The number of aliphatic hydroxyl groups is 5. The molecule has 211 valence electrons. The van der Waals surface area contributed by atoms with Gasteiger partial charge in [-0.2, -0.15) is 0 Å². The van der Waals surface area contributed by atoms with Crippen LogP contribution in [-0.2, 0) is 14.3 Å². The molecule has 1 aromatic carbocycles. The van der Waals surface area contributed by atoms with Crippen molar-refractivity contribution in [3.8, 4) is 0 Å². The third kappa shape index (κ3) is 4.62. The first-order valence-electron chi connectivity index (χ1n) is 13.3. The van der Waals surface area contributed by atoms with Gasteiger partial charge >= 0.3 is 5.97 Å². The summed E-state index contributed by atoms with van der Waals surface area (Å²) in [5, 5.41) is 57.5. The Labute approximate surface area is 264 Å². The standard InChI is InChI=1S/C29H38O9.Ac/c1-15-18(30)13-28(35)12-17(38-25(34)16-8-6-5-7-9-16)10-19-27(4,20(31)11-21-29(19,36)14-37-21)24(33)23(32)22(15)26(28,2)3;/h5-9,17-21,23,30-32,35-36H,10-14H2,1-4H3;/t17-,18?,19?,20?,21?,23?,27?,28?,29?;/m0./s1. The van der Waals surface area contributed by atoms with Crippen molar-refractivity contribution in [2.24, 2.45) is 16.7 Å². The van der Waals surface area contributed by atoms with Crippen LogP contribution in [0.2, 0.25) is 0 Å². The van der Waals surface area contributed by atoms with E-state index < -0.39 is 70.2 Å². The van der Waals surface area contributed by atoms with Gasteiger partial charge in [0.25, 0.3) is 0 Å². The summed E-state index contributed by atoms with van der Waals surface area (Å²) in [5.74, 6) is -2.28. The predicted molar refractivity (Wildman–Crippen MR) is 135 cm³/mol. The van der Waals surface area contributed by atoms with Crippen molar-refractivity contribution in [1.29, 1.82) is 0 Å². The molecule has 4 aliphatic rings. The van der Waals surface area contributed by atoms with Crippen molar-refractivity contribution < 1.29 is 88.7 Å². The number of Topliss-reactive ketones (excluding diaryl/α,β-unsaturated/α-hetero) is 1. The van der Waals surface area contributed by atoms with Crippen LogP contribution < -0.4 is 0 Å². The number of esters is 1. The van der Waals surface area contributed by atoms with Crippen LogP contribution in [0, 0.1) is 60.8 Å². The predicted octanol–water partition coefficient (Wildman–Crippen LogP) is 1.29. The molecule has 3 fully saturated rings. The number of carbonyl (C=O) groups excluding carboxylic acids is 2. The Morgan fingerprint density at radius 1 is 1.03 bits per heavy atom. The maximum atomic E-state index is 14.2. The minimum atomic E-state index is -1.72. The summed E-state index contributed by atoms with van der Waals surface area (Å²) in [4.78, 5) is 27.4. The van der Waals surface area contributed by atoms with E-state index in [1.165, 1.54) is 6.92 Å². The SMILES string of the molecule is CC1=C2C(O)C(=O)C3(C)C(O)CC4OCC4(O)C3C[C@H](OC(=O)c3ccccc3)CC(O)(CC1O)C2(C)C.[Ac]. The van der Waals surface area contributed by atoms with Gasteiger partial charge in [0.05, 0.1) is 41.5 Å². The second-order valence-electron chi connectivity index (χ2n) is 12.5. The molecule has 9 atom stereocenters. The second kappa shape index (κ2) is 10.5. The van der Waals surface area contributed by atoms with E-state index in [1.54, 1.807) is 51.1 Å². The Hall–Kier alpha value is -0.698. The summed E-state index contributed by atoms with van der Waals surface area (Å²) in [6.45, 7) is 6.49. The molecule has 1 aliphatic heterocycles. The average molecular weight is 758 g/mol. The number of ketones is 1. The van der Waals surface area contributed by atoms with E-state index in [0.717, 1.165) is 0 Å². The van der Waals surface area contributed by atoms with Gasteiger partial charge in [0.2, 0.25) is 0 Å². The molecule has 9 nitrogen and oxygen atoms in total. The average Bonchev–Trinajstić information content (AvgIpc) is 2.86. The number of aliphatic hydroxyl groups excluding tert-OH is 3. The smallest absolute Gasteiger partial charge is 0.338 e. The van der Waals surface area contributed by atoms with Crippen LogP contribution in [0.4, 0.5) is 0 Å². The van der Waals surface area contributed by atoms with Gasteiger partial charge < -0.3 is 35.0 Å². The van der Waals surface area contributed by atoms with Gasteiger partial charge in [-0.3, -0.25) is 4.79 Å². The minimum Gasteiger partial charge on any atom is -0.459 e. The van der Waals surface area contributed by atoms with Crippen molar-refractivity contribution >= 4 is 11.8 Å². The Morgan fingerprint density at radius 3 is 2.26 bits per heavy atom. The number of rotatable bonds is 2. The van der Waals surface area contributed by atoms with E-state index in [9.17, 15) is 35.1 Å². The van der Waals surface area contributed by atoms with Gasteiger partial charge in [-0.05, 0) is 43.5 Å². The van der Waals surface area contributed by atoms with Crippen LogP contribution in [-0.4, -0.2) is 85.6 Å². The number of hydrogen-bond donors (Lipinski definition) is 5. The second-order valence-corrected chi connectivity index (χ2v) is 12.5. The Balaban J connectivity index is 0.00000353. The fraction of sp³-hybridized carbons (Fsp3) is 0.655. The maximum Gasteiger partial charge on any atom is 0.338 e. The van der Waals surface area contributed by atoms with Crippen LogP contribution in [0.1, 0.15) is 63.7 Å². The molecule has 10 heteroatoms. The largest absolute Gasteiger partial charge is 0.459 e. The van der Waals surface area contributed by atoms with Crippen LogP contribution in [0.5, 0.6) is 0 Å². The summed E-state index contributed by atoms with van der Waals surface area (Å²) >= 11 is 0. The number of carbonyl (C=O) groups is 2. The molecule has 2 bridgehead atoms. The van der Waals surface area contributed by atoms with Crippen LogP contribution in [0.3, 0.4) is 0 Å². The van der Waals surface area contributed by atoms with Crippen LogP contribution >= 0.6 is 0 Å². The molecule has 1 radical (unpaired) electrons. The molecule has 8 unspecified atom stereocenters. The summed E-state index contributed by atoms with van der Waals surface area (Å²) < 4.78 is 11.5. The van der Waals surface area contributed by atoms with Crippen LogP contribution in [0.25, 0.3) is 0 Å². The Morgan fingerprint density at radius 2 is 1.67 bits per heavy atom. The quantitative estimate of drug-likeness (QED) is 0.222. The molecule has 1 aromatic rings. The number of ether oxygens (including phenoxy) is 2. The van der Waals surface area contributed by atoms with Crippen molar-refractivity contribution in [3.05, 3.63) is 47.0 Å². The Kier molecular flexibility index (Phi) is 8.44. The minimum absolute atomic E-state index is 0. The van der Waals surface area contributed by atoms with E-state index in [0.29, 0.717) is 11.1 Å². The third-order valence-corrected chi connectivity index (χ3v) is 10.2. The summed E-state index contributed by atoms with van der Waals surface area (Å²) in [7, 11) is 0. The topological polar surface area (TPSA) is 154 Å². The van der Waals surface area contributed by atoms with Crippen molar-refractivity contribution in [2.75, 3.05) is 6.61 Å². The van der Waals surface area contributed by atoms with Gasteiger partial charge in [-0.1, -0.05) is 32.0 Å². The van der Waals surface area contributed by atoms with E-state index in [2.05, 4.69) is 0 Å². The van der Waals surface area contributed by atoms with Crippen molar-refractivity contribution in [2.45, 2.75) is 95.1 Å². The van der Waals surface area contributed by atoms with E-state index >= 15 is 0 Å². The maximum absolute atomic E-state index is 14.2. The van der Waals surface area contributed by atoms with Gasteiger partial charge in [0.15, 0.2) is 5.78 Å². The molecule has 0 aromatic heterocycles. The summed E-state index contributed by atoms with van der Waals surface area (Å²) in [5.41, 5.74) is -5.09. The third-order valence-electron chi connectivity index (χ3n) is 10.2. The molecule has 5 rings (SSSR count). The van der Waals surface area contributed by atoms with Crippen molar-refractivity contribution in [1.82, 2.24) is 0 Å². The van der Waals surface area contributed by atoms with Gasteiger partial charge in [-0.15, -0.1) is 0 Å². The molecule has 0 spiro atoms. The first kappa shape index (κ1) is 31.2. The van der Waals surface area contributed by atoms with Gasteiger partial charge in [0.1, 0.15) is 17.8 Å². The Bertz CT molecular complexity index is 1170. The molecule has 0 amide bonds. The van der Waals surface area contributed by atoms with Crippen molar-refractivity contribution in [3.63, 3.8) is 0 Å². The molecule has 1 heterocycles. The molecule has 1 saturated heterocycles. The van der Waals surface area contributed by atoms with Gasteiger partial charge in [0, 0.05) is 74.7 Å². The van der Waals surface area contributed by atoms with Crippen LogP contribution in [0.15, 0.2) is 41.5 Å². The first-order chi connectivity index (χ1) is 17.7. The zero-order valence-electron chi connectivity index (χ0n) is 22.8. The normalized spacial score (nSPS) is 43.3. The molecule has 2 saturated carbocycles. The molecule has 3 aliphatic carbocycles. The first-order valence-corrected chi connectivity index (χ1v) is 13.3. The fourth-order valence-corrected chi connectivity index (χ4v) is 7.53. The zero-order valence-corrected chi connectivity index (χ0v) is 27.6. The number of fused-ring (bicyclic) bond motifs is 5. The van der Waals surface area contributed by atoms with E-state index in [4.69, 9.17) is 9.47 Å².